The monoisotopic (exact) mass is 594 g/mol. The van der Waals surface area contributed by atoms with Crippen LogP contribution in [0.4, 0.5) is 0 Å². The molecule has 0 unspecified atom stereocenters. The van der Waals surface area contributed by atoms with Crippen molar-refractivity contribution in [2.75, 3.05) is 0 Å². The standard InChI is InChI=1S/C40H50O4/c1-26(16-18-33(29-12-8-6-9-13-29)30-14-10-7-11-15-30)35-20-21-36-34-19-17-31-24-32(43-27(2)41)22-23-39(31,4)37(34)25-38(40(35,36)5)44-28(3)42/h6-16,18,31-32,34-38H,17,19-25H2,1-5H3/b26-16-/t31-,32-,34-,35-,36+,37-,38+,39+,40+/m1/s1. The molecule has 0 N–H and O–H groups in total. The molecule has 0 bridgehead atoms. The topological polar surface area (TPSA) is 52.6 Å². The van der Waals surface area contributed by atoms with Gasteiger partial charge in [-0.2, -0.15) is 0 Å². The largest absolute Gasteiger partial charge is 0.463 e. The highest BCUT2D eigenvalue weighted by Crippen LogP contribution is 2.68. The molecule has 0 saturated heterocycles. The average Bonchev–Trinajstić information content (AvgIpc) is 3.37. The Bertz CT molecular complexity index is 1370. The molecule has 44 heavy (non-hydrogen) atoms. The number of esters is 2. The van der Waals surface area contributed by atoms with Crippen molar-refractivity contribution in [3.05, 3.63) is 89.5 Å². The highest BCUT2D eigenvalue weighted by molar-refractivity contribution is 5.80. The lowest BCUT2D eigenvalue weighted by Gasteiger charge is -2.62. The number of benzene rings is 2. The first kappa shape index (κ1) is 30.9. The SMILES string of the molecule is CC(=O)O[C@@H]1CC[C@@]2(C)[C@H](CC[C@H]3[C@H]2C[C@H](OC(C)=O)[C@@]2(C)[C@@H](/C(C)=C\C=C(c4ccccc4)c4ccccc4)CC[C@@H]32)C1. The Morgan fingerprint density at radius 3 is 1.98 bits per heavy atom. The van der Waals surface area contributed by atoms with Gasteiger partial charge in [0.25, 0.3) is 0 Å². The molecule has 2 aromatic rings. The highest BCUT2D eigenvalue weighted by Gasteiger charge is 2.64. The van der Waals surface area contributed by atoms with Crippen LogP contribution in [0.15, 0.2) is 78.4 Å². The lowest BCUT2D eigenvalue weighted by Crippen LogP contribution is -2.59. The minimum Gasteiger partial charge on any atom is -0.463 e. The Hall–Kier alpha value is -3.14. The molecule has 4 heteroatoms. The van der Waals surface area contributed by atoms with Crippen LogP contribution in [0, 0.1) is 40.4 Å². The van der Waals surface area contributed by atoms with Gasteiger partial charge in [-0.25, -0.2) is 0 Å². The van der Waals surface area contributed by atoms with Gasteiger partial charge in [0.15, 0.2) is 0 Å². The Morgan fingerprint density at radius 1 is 0.727 bits per heavy atom. The molecule has 0 aliphatic heterocycles. The maximum atomic E-state index is 12.6. The number of hydrogen-bond acceptors (Lipinski definition) is 4. The summed E-state index contributed by atoms with van der Waals surface area (Å²) >= 11 is 0. The van der Waals surface area contributed by atoms with E-state index in [2.05, 4.69) is 93.6 Å². The lowest BCUT2D eigenvalue weighted by atomic mass is 9.44. The fraction of sp³-hybridized carbons (Fsp3) is 0.550. The Kier molecular flexibility index (Phi) is 8.65. The van der Waals surface area contributed by atoms with Crippen molar-refractivity contribution >= 4 is 17.5 Å². The minimum atomic E-state index is -0.162. The summed E-state index contributed by atoms with van der Waals surface area (Å²) < 4.78 is 12.0. The van der Waals surface area contributed by atoms with Crippen LogP contribution in [0.5, 0.6) is 0 Å². The third kappa shape index (κ3) is 5.59. The molecule has 4 aliphatic rings. The van der Waals surface area contributed by atoms with Gasteiger partial charge in [0.05, 0.1) is 0 Å². The molecule has 6 rings (SSSR count). The van der Waals surface area contributed by atoms with Gasteiger partial charge < -0.3 is 9.47 Å². The summed E-state index contributed by atoms with van der Waals surface area (Å²) in [5, 5.41) is 0. The van der Waals surface area contributed by atoms with E-state index in [0.717, 1.165) is 32.1 Å². The van der Waals surface area contributed by atoms with Gasteiger partial charge in [-0.05, 0) is 110 Å². The first-order valence-electron chi connectivity index (χ1n) is 16.9. The van der Waals surface area contributed by atoms with Crippen molar-refractivity contribution in [3.63, 3.8) is 0 Å². The third-order valence-electron chi connectivity index (χ3n) is 12.6. The number of hydrogen-bond donors (Lipinski definition) is 0. The van der Waals surface area contributed by atoms with E-state index in [1.165, 1.54) is 48.5 Å². The van der Waals surface area contributed by atoms with E-state index < -0.39 is 0 Å². The summed E-state index contributed by atoms with van der Waals surface area (Å²) in [6.45, 7) is 10.4. The average molecular weight is 595 g/mol. The van der Waals surface area contributed by atoms with Crippen molar-refractivity contribution in [2.45, 2.75) is 98.2 Å². The van der Waals surface area contributed by atoms with Crippen LogP contribution in [0.1, 0.15) is 97.1 Å². The molecule has 4 saturated carbocycles. The molecule has 9 atom stereocenters. The summed E-state index contributed by atoms with van der Waals surface area (Å²) in [6.07, 6.45) is 13.3. The Morgan fingerprint density at radius 2 is 1.36 bits per heavy atom. The van der Waals surface area contributed by atoms with Crippen molar-refractivity contribution < 1.29 is 19.1 Å². The predicted molar refractivity (Wildman–Crippen MR) is 175 cm³/mol. The van der Waals surface area contributed by atoms with Crippen LogP contribution in [0.25, 0.3) is 5.57 Å². The summed E-state index contributed by atoms with van der Waals surface area (Å²) in [5.41, 5.74) is 5.15. The molecule has 4 fully saturated rings. The van der Waals surface area contributed by atoms with Crippen molar-refractivity contribution in [1.82, 2.24) is 0 Å². The number of allylic oxidation sites excluding steroid dienone is 3. The van der Waals surface area contributed by atoms with E-state index in [1.807, 2.05) is 0 Å². The lowest BCUT2D eigenvalue weighted by molar-refractivity contribution is -0.193. The molecule has 0 radical (unpaired) electrons. The maximum Gasteiger partial charge on any atom is 0.302 e. The molecular weight excluding hydrogens is 544 g/mol. The smallest absolute Gasteiger partial charge is 0.302 e. The van der Waals surface area contributed by atoms with Crippen LogP contribution < -0.4 is 0 Å². The fourth-order valence-corrected chi connectivity index (χ4v) is 10.5. The van der Waals surface area contributed by atoms with E-state index in [4.69, 9.17) is 9.47 Å². The molecule has 4 nitrogen and oxygen atoms in total. The number of ether oxygens (including phenoxy) is 2. The molecule has 0 spiro atoms. The summed E-state index contributed by atoms with van der Waals surface area (Å²) in [7, 11) is 0. The van der Waals surface area contributed by atoms with Gasteiger partial charge in [0.2, 0.25) is 0 Å². The summed E-state index contributed by atoms with van der Waals surface area (Å²) in [6, 6.07) is 21.3. The molecule has 0 amide bonds. The van der Waals surface area contributed by atoms with E-state index in [-0.39, 0.29) is 35.0 Å². The second kappa shape index (κ2) is 12.3. The zero-order valence-corrected chi connectivity index (χ0v) is 27.3. The predicted octanol–water partition coefficient (Wildman–Crippen LogP) is 9.20. The maximum absolute atomic E-state index is 12.6. The van der Waals surface area contributed by atoms with Gasteiger partial charge >= 0.3 is 11.9 Å². The van der Waals surface area contributed by atoms with Gasteiger partial charge in [0.1, 0.15) is 12.2 Å². The highest BCUT2D eigenvalue weighted by atomic mass is 16.5. The van der Waals surface area contributed by atoms with Crippen molar-refractivity contribution in [2.24, 2.45) is 40.4 Å². The zero-order valence-electron chi connectivity index (χ0n) is 27.3. The molecular formula is C40H50O4. The molecule has 0 aromatic heterocycles. The molecule has 0 heterocycles. The summed E-state index contributed by atoms with van der Waals surface area (Å²) in [5.74, 6) is 2.32. The Balaban J connectivity index is 1.31. The second-order valence-electron chi connectivity index (χ2n) is 14.7. The second-order valence-corrected chi connectivity index (χ2v) is 14.7. The number of rotatable bonds is 6. The van der Waals surface area contributed by atoms with Crippen LogP contribution in [-0.2, 0) is 19.1 Å². The number of carbonyl (C=O) groups excluding carboxylic acids is 2. The minimum absolute atomic E-state index is 0.0496. The van der Waals surface area contributed by atoms with Crippen LogP contribution in [0.2, 0.25) is 0 Å². The quantitative estimate of drug-likeness (QED) is 0.247. The van der Waals surface area contributed by atoms with Crippen LogP contribution in [0.3, 0.4) is 0 Å². The van der Waals surface area contributed by atoms with Crippen molar-refractivity contribution in [3.8, 4) is 0 Å². The van der Waals surface area contributed by atoms with Gasteiger partial charge in [-0.3, -0.25) is 9.59 Å². The Labute approximate surface area is 264 Å². The molecule has 4 aliphatic carbocycles. The normalized spacial score (nSPS) is 36.3. The fourth-order valence-electron chi connectivity index (χ4n) is 10.5. The van der Waals surface area contributed by atoms with Gasteiger partial charge in [-0.15, -0.1) is 0 Å². The van der Waals surface area contributed by atoms with E-state index in [0.29, 0.717) is 29.6 Å². The number of carbonyl (C=O) groups is 2. The van der Waals surface area contributed by atoms with E-state index in [9.17, 15) is 9.59 Å². The van der Waals surface area contributed by atoms with E-state index in [1.54, 1.807) is 6.92 Å². The van der Waals surface area contributed by atoms with Crippen molar-refractivity contribution in [1.29, 1.82) is 0 Å². The van der Waals surface area contributed by atoms with Crippen LogP contribution in [-0.4, -0.2) is 24.1 Å². The first-order valence-corrected chi connectivity index (χ1v) is 16.9. The van der Waals surface area contributed by atoms with Gasteiger partial charge in [-0.1, -0.05) is 92.2 Å². The summed E-state index contributed by atoms with van der Waals surface area (Å²) in [4.78, 5) is 24.3. The molecule has 234 valence electrons. The molecule has 2 aromatic carbocycles. The third-order valence-corrected chi connectivity index (χ3v) is 12.6. The number of fused-ring (bicyclic) bond motifs is 5. The van der Waals surface area contributed by atoms with Crippen LogP contribution >= 0.6 is 0 Å². The van der Waals surface area contributed by atoms with Gasteiger partial charge in [0, 0.05) is 19.3 Å². The zero-order chi connectivity index (χ0) is 31.1. The first-order chi connectivity index (χ1) is 21.1. The van der Waals surface area contributed by atoms with E-state index >= 15 is 0 Å².